The number of anilines is 1. The van der Waals surface area contributed by atoms with Gasteiger partial charge in [-0.2, -0.15) is 13.2 Å². The summed E-state index contributed by atoms with van der Waals surface area (Å²) in [6.45, 7) is 3.44. The van der Waals surface area contributed by atoms with Crippen molar-refractivity contribution in [2.75, 3.05) is 5.32 Å². The Kier molecular flexibility index (Phi) is 5.11. The Labute approximate surface area is 153 Å². The zero-order chi connectivity index (χ0) is 19.6. The van der Waals surface area contributed by atoms with Crippen LogP contribution in [-0.2, 0) is 4.79 Å². The maximum absolute atomic E-state index is 12.3. The number of aromatic amines is 1. The number of aryl methyl sites for hydroxylation is 1. The van der Waals surface area contributed by atoms with Gasteiger partial charge in [-0.25, -0.2) is 9.97 Å². The molecular formula is C18H18F3N5O. The number of carbonyl (C=O) groups is 1. The average Bonchev–Trinajstić information content (AvgIpc) is 3.02. The van der Waals surface area contributed by atoms with Gasteiger partial charge in [0.25, 0.3) is 0 Å². The Morgan fingerprint density at radius 1 is 1.30 bits per heavy atom. The largest absolute Gasteiger partial charge is 0.389 e. The molecule has 0 bridgehead atoms. The molecule has 27 heavy (non-hydrogen) atoms. The van der Waals surface area contributed by atoms with Crippen LogP contribution >= 0.6 is 0 Å². The Morgan fingerprint density at radius 3 is 2.81 bits per heavy atom. The van der Waals surface area contributed by atoms with E-state index in [9.17, 15) is 18.0 Å². The van der Waals surface area contributed by atoms with Crippen molar-refractivity contribution < 1.29 is 18.0 Å². The molecule has 0 radical (unpaired) electrons. The third-order valence-electron chi connectivity index (χ3n) is 4.08. The quantitative estimate of drug-likeness (QED) is 0.677. The summed E-state index contributed by atoms with van der Waals surface area (Å²) in [5, 5.41) is 3.71. The van der Waals surface area contributed by atoms with Gasteiger partial charge in [0.2, 0.25) is 0 Å². The second-order valence-electron chi connectivity index (χ2n) is 6.35. The molecule has 0 saturated heterocycles. The minimum absolute atomic E-state index is 0.315. The summed E-state index contributed by atoms with van der Waals surface area (Å²) < 4.78 is 36.8. The maximum atomic E-state index is 12.3. The van der Waals surface area contributed by atoms with Crippen LogP contribution in [0.3, 0.4) is 0 Å². The van der Waals surface area contributed by atoms with E-state index in [1.54, 1.807) is 18.6 Å². The maximum Gasteiger partial charge on any atom is 0.389 e. The Morgan fingerprint density at radius 2 is 2.07 bits per heavy atom. The summed E-state index contributed by atoms with van der Waals surface area (Å²) in [6, 6.07) is 1.17. The van der Waals surface area contributed by atoms with E-state index in [2.05, 4.69) is 25.3 Å². The normalized spacial score (nSPS) is 12.9. The molecule has 142 valence electrons. The van der Waals surface area contributed by atoms with Crippen LogP contribution in [0, 0.1) is 6.92 Å². The molecule has 3 rings (SSSR count). The fourth-order valence-electron chi connectivity index (χ4n) is 2.67. The molecule has 0 saturated carbocycles. The lowest BCUT2D eigenvalue weighted by Crippen LogP contribution is -2.27. The fraction of sp³-hybridized carbons (Fsp3) is 0.333. The topological polar surface area (TPSA) is 83.6 Å². The first-order valence-corrected chi connectivity index (χ1v) is 8.35. The average molecular weight is 377 g/mol. The molecule has 1 atom stereocenters. The number of nitrogens with zero attached hydrogens (tertiary/aromatic N) is 3. The highest BCUT2D eigenvalue weighted by Crippen LogP contribution is 2.27. The fourth-order valence-corrected chi connectivity index (χ4v) is 2.67. The van der Waals surface area contributed by atoms with E-state index >= 15 is 0 Å². The van der Waals surface area contributed by atoms with Gasteiger partial charge in [0.1, 0.15) is 11.5 Å². The summed E-state index contributed by atoms with van der Waals surface area (Å²) in [6.07, 6.45) is 0.463. The molecule has 9 heteroatoms. The van der Waals surface area contributed by atoms with Gasteiger partial charge in [0.05, 0.1) is 30.6 Å². The molecule has 0 amide bonds. The van der Waals surface area contributed by atoms with Crippen LogP contribution in [0.15, 0.2) is 30.9 Å². The highest BCUT2D eigenvalue weighted by molar-refractivity contribution is 5.93. The molecule has 0 spiro atoms. The van der Waals surface area contributed by atoms with E-state index in [0.29, 0.717) is 17.2 Å². The molecule has 0 aliphatic heterocycles. The third kappa shape index (κ3) is 4.60. The zero-order valence-electron chi connectivity index (χ0n) is 14.8. The van der Waals surface area contributed by atoms with Crippen molar-refractivity contribution in [2.45, 2.75) is 38.9 Å². The van der Waals surface area contributed by atoms with E-state index in [0.717, 1.165) is 16.5 Å². The monoisotopic (exact) mass is 377 g/mol. The number of pyridine rings is 1. The second-order valence-corrected chi connectivity index (χ2v) is 6.35. The first-order chi connectivity index (χ1) is 12.7. The minimum atomic E-state index is -4.35. The van der Waals surface area contributed by atoms with Gasteiger partial charge < -0.3 is 10.3 Å². The number of H-pyrrole nitrogens is 1. The Balaban J connectivity index is 1.77. The van der Waals surface area contributed by atoms with Crippen molar-refractivity contribution in [3.05, 3.63) is 36.4 Å². The lowest BCUT2D eigenvalue weighted by Gasteiger charge is -2.14. The van der Waals surface area contributed by atoms with Crippen molar-refractivity contribution in [3.8, 4) is 11.3 Å². The Hall–Kier alpha value is -2.97. The lowest BCUT2D eigenvalue weighted by molar-refractivity contribution is -0.143. The van der Waals surface area contributed by atoms with E-state index in [1.165, 1.54) is 13.1 Å². The van der Waals surface area contributed by atoms with Crippen molar-refractivity contribution in [3.63, 3.8) is 0 Å². The molecule has 0 aromatic carbocycles. The van der Waals surface area contributed by atoms with Crippen LogP contribution in [0.5, 0.6) is 0 Å². The summed E-state index contributed by atoms with van der Waals surface area (Å²) >= 11 is 0. The van der Waals surface area contributed by atoms with E-state index in [-0.39, 0.29) is 0 Å². The number of nitrogens with one attached hydrogen (secondary N) is 2. The highest BCUT2D eigenvalue weighted by Gasteiger charge is 2.29. The van der Waals surface area contributed by atoms with Gasteiger partial charge in [-0.1, -0.05) is 0 Å². The molecule has 3 aromatic heterocycles. The smallest absolute Gasteiger partial charge is 0.359 e. The predicted octanol–water partition coefficient (Wildman–Crippen LogP) is 4.04. The Bertz CT molecular complexity index is 967. The van der Waals surface area contributed by atoms with Crippen LogP contribution in [0.4, 0.5) is 19.0 Å². The standard InChI is InChI=1S/C18H18F3N5O/c1-10-5-12-13(7-24-17(12)23-6-10)14-8-22-9-16(26-14)25-11(2)15(27)3-4-18(19,20)21/h5-9,11H,3-4H2,1-2H3,(H,23,24)(H,25,26)/t11-/m1/s1. The molecule has 6 nitrogen and oxygen atoms in total. The van der Waals surface area contributed by atoms with Gasteiger partial charge in [-0.15, -0.1) is 0 Å². The number of hydrogen-bond acceptors (Lipinski definition) is 5. The van der Waals surface area contributed by atoms with Crippen molar-refractivity contribution >= 4 is 22.6 Å². The number of carbonyl (C=O) groups excluding carboxylic acids is 1. The molecule has 3 heterocycles. The van der Waals surface area contributed by atoms with Crippen molar-refractivity contribution in [1.29, 1.82) is 0 Å². The van der Waals surface area contributed by atoms with Gasteiger partial charge in [-0.3, -0.25) is 9.78 Å². The SMILES string of the molecule is Cc1cnc2[nH]cc(-c3cncc(N[C@H](C)C(=O)CCC(F)(F)F)n3)c2c1. The summed E-state index contributed by atoms with van der Waals surface area (Å²) in [4.78, 5) is 27.8. The molecule has 0 unspecified atom stereocenters. The van der Waals surface area contributed by atoms with E-state index < -0.39 is 30.8 Å². The molecule has 0 aliphatic rings. The highest BCUT2D eigenvalue weighted by atomic mass is 19.4. The van der Waals surface area contributed by atoms with Gasteiger partial charge in [-0.05, 0) is 25.5 Å². The number of rotatable bonds is 6. The number of ketones is 1. The van der Waals surface area contributed by atoms with Crippen LogP contribution in [0.2, 0.25) is 0 Å². The second kappa shape index (κ2) is 7.34. The van der Waals surface area contributed by atoms with Gasteiger partial charge in [0.15, 0.2) is 5.78 Å². The number of alkyl halides is 3. The lowest BCUT2D eigenvalue weighted by atomic mass is 10.1. The van der Waals surface area contributed by atoms with Crippen LogP contribution < -0.4 is 5.32 Å². The van der Waals surface area contributed by atoms with Crippen LogP contribution in [0.1, 0.15) is 25.3 Å². The number of aromatic nitrogens is 4. The van der Waals surface area contributed by atoms with Gasteiger partial charge in [0, 0.05) is 29.8 Å². The number of Topliss-reactive ketones (excluding diaryl/α,β-unsaturated/α-hetero) is 1. The molecule has 0 fully saturated rings. The van der Waals surface area contributed by atoms with Crippen molar-refractivity contribution in [2.24, 2.45) is 0 Å². The summed E-state index contributed by atoms with van der Waals surface area (Å²) in [5.41, 5.74) is 3.07. The van der Waals surface area contributed by atoms with Gasteiger partial charge >= 0.3 is 6.18 Å². The zero-order valence-corrected chi connectivity index (χ0v) is 14.8. The third-order valence-corrected chi connectivity index (χ3v) is 4.08. The number of fused-ring (bicyclic) bond motifs is 1. The van der Waals surface area contributed by atoms with Crippen LogP contribution in [0.25, 0.3) is 22.3 Å². The van der Waals surface area contributed by atoms with E-state index in [4.69, 9.17) is 0 Å². The molecular weight excluding hydrogens is 359 g/mol. The predicted molar refractivity (Wildman–Crippen MR) is 95.2 cm³/mol. The molecule has 0 aliphatic carbocycles. The minimum Gasteiger partial charge on any atom is -0.359 e. The summed E-state index contributed by atoms with van der Waals surface area (Å²) in [7, 11) is 0. The number of hydrogen-bond donors (Lipinski definition) is 2. The molecule has 2 N–H and O–H groups in total. The summed E-state index contributed by atoms with van der Waals surface area (Å²) in [5.74, 6) is -0.221. The van der Waals surface area contributed by atoms with E-state index in [1.807, 2.05) is 13.0 Å². The first kappa shape index (κ1) is 18.8. The van der Waals surface area contributed by atoms with Crippen molar-refractivity contribution in [1.82, 2.24) is 19.9 Å². The van der Waals surface area contributed by atoms with Crippen LogP contribution in [-0.4, -0.2) is 37.9 Å². The number of halogens is 3. The molecule has 3 aromatic rings. The first-order valence-electron chi connectivity index (χ1n) is 8.35.